The number of benzene rings is 2. The molecule has 0 bridgehead atoms. The summed E-state index contributed by atoms with van der Waals surface area (Å²) >= 11 is 1.82. The van der Waals surface area contributed by atoms with Gasteiger partial charge < -0.3 is 15.3 Å². The van der Waals surface area contributed by atoms with Crippen LogP contribution in [0.15, 0.2) is 48.8 Å². The van der Waals surface area contributed by atoms with Crippen molar-refractivity contribution in [3.63, 3.8) is 0 Å². The maximum Gasteiger partial charge on any atom is 0.216 e. The summed E-state index contributed by atoms with van der Waals surface area (Å²) in [5.41, 5.74) is 8.59. The van der Waals surface area contributed by atoms with Gasteiger partial charge in [0.25, 0.3) is 0 Å². The van der Waals surface area contributed by atoms with Crippen LogP contribution in [0.2, 0.25) is 0 Å². The highest BCUT2D eigenvalue weighted by Crippen LogP contribution is 2.46. The fourth-order valence-corrected chi connectivity index (χ4v) is 10.8. The van der Waals surface area contributed by atoms with Crippen LogP contribution >= 0.6 is 11.8 Å². The first-order valence-corrected chi connectivity index (χ1v) is 20.0. The van der Waals surface area contributed by atoms with Crippen molar-refractivity contribution in [2.45, 2.75) is 90.1 Å². The molecule has 8 rings (SSSR count). The maximum atomic E-state index is 11.3. The van der Waals surface area contributed by atoms with Crippen LogP contribution in [0.3, 0.4) is 0 Å². The first-order chi connectivity index (χ1) is 23.8. The maximum absolute atomic E-state index is 11.3. The van der Waals surface area contributed by atoms with Crippen molar-refractivity contribution in [3.05, 3.63) is 71.0 Å². The van der Waals surface area contributed by atoms with Crippen LogP contribution in [0, 0.1) is 11.8 Å². The van der Waals surface area contributed by atoms with E-state index in [-0.39, 0.29) is 5.91 Å². The molecule has 2 aromatic carbocycles. The summed E-state index contributed by atoms with van der Waals surface area (Å²) in [5, 5.41) is 5.98. The number of hydrogen-bond donors (Lipinski definition) is 3. The number of amides is 1. The van der Waals surface area contributed by atoms with Gasteiger partial charge in [0.2, 0.25) is 5.91 Å². The molecular weight excluding hydrogens is 627 g/mol. The molecule has 7 nitrogen and oxygen atoms in total. The normalized spacial score (nSPS) is 26.1. The molecule has 3 N–H and O–H groups in total. The number of carbonyl (C=O) groups is 2. The van der Waals surface area contributed by atoms with Crippen LogP contribution in [0.4, 0.5) is 0 Å². The Balaban J connectivity index is 0.000000154. The molecular formula is C41H55N5O2S. The van der Waals surface area contributed by atoms with Crippen LogP contribution in [0.1, 0.15) is 87.5 Å². The van der Waals surface area contributed by atoms with Crippen LogP contribution < -0.4 is 5.32 Å². The number of thioether (sulfide) groups is 1. The molecule has 0 saturated carbocycles. The molecule has 2 fully saturated rings. The zero-order valence-electron chi connectivity index (χ0n) is 29.9. The number of nitrogens with zero attached hydrogens (tertiary/aromatic N) is 2. The van der Waals surface area contributed by atoms with Crippen molar-refractivity contribution in [2.24, 2.45) is 11.8 Å². The fraction of sp³-hybridized carbons (Fsp3) is 0.561. The number of nitrogens with one attached hydrogen (secondary N) is 3. The molecule has 262 valence electrons. The molecule has 4 aromatic rings. The van der Waals surface area contributed by atoms with Crippen LogP contribution in [0.25, 0.3) is 21.8 Å². The molecule has 0 unspecified atom stereocenters. The Bertz CT molecular complexity index is 1780. The van der Waals surface area contributed by atoms with Crippen molar-refractivity contribution in [1.29, 1.82) is 0 Å². The van der Waals surface area contributed by atoms with Gasteiger partial charge in [-0.1, -0.05) is 38.1 Å². The second-order valence-corrected chi connectivity index (χ2v) is 16.3. The van der Waals surface area contributed by atoms with Gasteiger partial charge in [-0.25, -0.2) is 0 Å². The Morgan fingerprint density at radius 1 is 0.796 bits per heavy atom. The zero-order chi connectivity index (χ0) is 34.1. The van der Waals surface area contributed by atoms with E-state index in [0.717, 1.165) is 31.8 Å². The lowest BCUT2D eigenvalue weighted by Crippen LogP contribution is -2.52. The lowest BCUT2D eigenvalue weighted by Gasteiger charge is -2.47. The highest BCUT2D eigenvalue weighted by molar-refractivity contribution is 7.99. The van der Waals surface area contributed by atoms with Crippen LogP contribution in [0.5, 0.6) is 0 Å². The fourth-order valence-electron chi connectivity index (χ4n) is 9.81. The molecule has 4 aliphatic rings. The number of rotatable bonds is 10. The molecule has 2 saturated heterocycles. The van der Waals surface area contributed by atoms with E-state index >= 15 is 0 Å². The Morgan fingerprint density at radius 3 is 1.84 bits per heavy atom. The Labute approximate surface area is 296 Å². The number of aromatic amines is 2. The van der Waals surface area contributed by atoms with Crippen LogP contribution in [-0.4, -0.2) is 87.8 Å². The number of aromatic nitrogens is 2. The number of H-pyrrole nitrogens is 2. The zero-order valence-corrected chi connectivity index (χ0v) is 30.7. The lowest BCUT2D eigenvalue weighted by molar-refractivity contribution is -0.119. The average molecular weight is 682 g/mol. The van der Waals surface area contributed by atoms with Crippen molar-refractivity contribution in [3.8, 4) is 0 Å². The monoisotopic (exact) mass is 681 g/mol. The Hall–Kier alpha value is -3.07. The lowest BCUT2D eigenvalue weighted by atomic mass is 9.72. The summed E-state index contributed by atoms with van der Waals surface area (Å²) in [6.07, 6.45) is 11.6. The summed E-state index contributed by atoms with van der Waals surface area (Å²) in [4.78, 5) is 35.0. The SMILES string of the molecule is CCCN1C[C@H](CNC(C)=O)C[C@@H]2c3cccc4[nH]cc(c34)C[C@H]21.CCCN1C[C@H](CSCC(C)=O)C[C@@H]2c3cccc4[nH]cc(c34)C[C@H]21. The van der Waals surface area contributed by atoms with E-state index in [0.29, 0.717) is 47.3 Å². The molecule has 6 atom stereocenters. The van der Waals surface area contributed by atoms with Gasteiger partial charge in [0.15, 0.2) is 0 Å². The number of carbonyl (C=O) groups excluding carboxylic acids is 2. The predicted octanol–water partition coefficient (Wildman–Crippen LogP) is 7.27. The molecule has 49 heavy (non-hydrogen) atoms. The Morgan fingerprint density at radius 2 is 1.33 bits per heavy atom. The summed E-state index contributed by atoms with van der Waals surface area (Å²) in [5.74, 6) is 4.59. The van der Waals surface area contributed by atoms with E-state index in [9.17, 15) is 9.59 Å². The molecule has 0 radical (unpaired) electrons. The molecule has 4 heterocycles. The van der Waals surface area contributed by atoms with Gasteiger partial charge >= 0.3 is 0 Å². The number of hydrogen-bond acceptors (Lipinski definition) is 5. The van der Waals surface area contributed by atoms with E-state index in [1.807, 2.05) is 11.8 Å². The van der Waals surface area contributed by atoms with Gasteiger partial charge in [-0.05, 0) is 111 Å². The first kappa shape index (κ1) is 34.4. The van der Waals surface area contributed by atoms with Gasteiger partial charge in [0, 0.05) is 84.7 Å². The minimum Gasteiger partial charge on any atom is -0.361 e. The molecule has 2 aliphatic heterocycles. The number of fused-ring (bicyclic) bond motifs is 4. The smallest absolute Gasteiger partial charge is 0.216 e. The van der Waals surface area contributed by atoms with E-state index in [2.05, 4.69) is 87.7 Å². The van der Waals surface area contributed by atoms with Gasteiger partial charge in [0.05, 0.1) is 5.75 Å². The average Bonchev–Trinajstić information content (AvgIpc) is 3.71. The third-order valence-electron chi connectivity index (χ3n) is 11.6. The highest BCUT2D eigenvalue weighted by atomic mass is 32.2. The molecule has 1 amide bonds. The summed E-state index contributed by atoms with van der Waals surface area (Å²) in [6.45, 7) is 13.3. The van der Waals surface area contributed by atoms with Crippen molar-refractivity contribution in [1.82, 2.24) is 25.1 Å². The molecule has 2 aliphatic carbocycles. The van der Waals surface area contributed by atoms with Crippen molar-refractivity contribution < 1.29 is 9.59 Å². The number of likely N-dealkylation sites (tertiary alicyclic amines) is 2. The van der Waals surface area contributed by atoms with Gasteiger partial charge in [0.1, 0.15) is 5.78 Å². The summed E-state index contributed by atoms with van der Waals surface area (Å²) < 4.78 is 0. The second kappa shape index (κ2) is 15.0. The van der Waals surface area contributed by atoms with Crippen molar-refractivity contribution >= 4 is 45.3 Å². The van der Waals surface area contributed by atoms with E-state index in [4.69, 9.17) is 0 Å². The number of piperidine rings is 2. The third kappa shape index (κ3) is 7.11. The summed E-state index contributed by atoms with van der Waals surface area (Å²) in [6, 6.07) is 14.7. The van der Waals surface area contributed by atoms with E-state index in [1.165, 1.54) is 83.7 Å². The third-order valence-corrected chi connectivity index (χ3v) is 13.0. The van der Waals surface area contributed by atoms with Gasteiger partial charge in [-0.15, -0.1) is 0 Å². The highest BCUT2D eigenvalue weighted by Gasteiger charge is 2.41. The van der Waals surface area contributed by atoms with Crippen molar-refractivity contribution in [2.75, 3.05) is 44.2 Å². The quantitative estimate of drug-likeness (QED) is 0.164. The van der Waals surface area contributed by atoms with E-state index in [1.54, 1.807) is 19.4 Å². The number of Topliss-reactive ketones (excluding diaryl/α,β-unsaturated/α-hetero) is 1. The first-order valence-electron chi connectivity index (χ1n) is 18.8. The van der Waals surface area contributed by atoms with Gasteiger partial charge in [-0.2, -0.15) is 11.8 Å². The summed E-state index contributed by atoms with van der Waals surface area (Å²) in [7, 11) is 0. The largest absolute Gasteiger partial charge is 0.361 e. The van der Waals surface area contributed by atoms with Gasteiger partial charge in [-0.3, -0.25) is 19.4 Å². The molecule has 0 spiro atoms. The minimum absolute atomic E-state index is 0.0813. The number of ketones is 1. The molecule has 8 heteroatoms. The van der Waals surface area contributed by atoms with E-state index < -0.39 is 0 Å². The molecule has 2 aromatic heterocycles. The topological polar surface area (TPSA) is 84.2 Å². The Kier molecular flexibility index (Phi) is 10.6. The second-order valence-electron chi connectivity index (χ2n) is 15.3. The van der Waals surface area contributed by atoms with Crippen LogP contribution in [-0.2, 0) is 22.4 Å². The standard InChI is InChI=1S/C21H28N2OS.C20H27N3O/c1-3-7-23-11-15(13-25-12-14(2)24)8-18-17-5-4-6-19-21(17)16(10-22-19)9-20(18)23;1-3-7-23-12-14(10-21-13(2)24)8-17-16-5-4-6-18-20(16)15(11-22-18)9-19(17)23/h4-6,10,15,18,20,22H,3,7-9,11-13H2,1-2H3;4-6,11,14,17,19,22H,3,7-10,12H2,1-2H3,(H,21,24)/t15-,18-,20-;14-,17+,19+/m10/s1. The minimum atomic E-state index is 0.0813. The predicted molar refractivity (Wildman–Crippen MR) is 204 cm³/mol.